The molecule has 0 amide bonds. The highest BCUT2D eigenvalue weighted by molar-refractivity contribution is 6.83. The van der Waals surface area contributed by atoms with Gasteiger partial charge < -0.3 is 22.8 Å². The monoisotopic (exact) mass is 388 g/mol. The van der Waals surface area contributed by atoms with Gasteiger partial charge in [-0.3, -0.25) is 0 Å². The van der Waals surface area contributed by atoms with Gasteiger partial charge in [-0.2, -0.15) is 0 Å². The van der Waals surface area contributed by atoms with Gasteiger partial charge in [0, 0.05) is 12.5 Å². The Morgan fingerprint density at radius 3 is 1.76 bits per heavy atom. The van der Waals surface area contributed by atoms with Crippen molar-refractivity contribution in [1.82, 2.24) is 0 Å². The van der Waals surface area contributed by atoms with Crippen molar-refractivity contribution in [2.45, 2.75) is 102 Å². The number of hydrogen-bond donors (Lipinski definition) is 1. The zero-order valence-electron chi connectivity index (χ0n) is 17.0. The van der Waals surface area contributed by atoms with E-state index >= 15 is 0 Å². The first-order chi connectivity index (χ1) is 11.6. The first kappa shape index (κ1) is 20.0. The van der Waals surface area contributed by atoms with Crippen LogP contribution in [0.15, 0.2) is 0 Å². The van der Waals surface area contributed by atoms with Gasteiger partial charge in [0.25, 0.3) is 0 Å². The van der Waals surface area contributed by atoms with Gasteiger partial charge in [-0.1, -0.05) is 55.4 Å². The zero-order chi connectivity index (χ0) is 18.7. The Kier molecular flexibility index (Phi) is 5.34. The number of rotatable bonds is 4. The topological polar surface area (TPSA) is 60.5 Å². The molecule has 1 N–H and O–H groups in total. The fourth-order valence-electron chi connectivity index (χ4n) is 4.88. The molecular formula is C18H36O5Si2. The lowest BCUT2D eigenvalue weighted by Crippen LogP contribution is -2.65. The van der Waals surface area contributed by atoms with Crippen LogP contribution in [0.4, 0.5) is 0 Å². The summed E-state index contributed by atoms with van der Waals surface area (Å²) in [5.74, 6) is 0.123. The smallest absolute Gasteiger partial charge is 0.335 e. The van der Waals surface area contributed by atoms with Crippen LogP contribution in [0.1, 0.15) is 55.4 Å². The molecular weight excluding hydrogens is 352 g/mol. The Morgan fingerprint density at radius 1 is 0.760 bits per heavy atom. The van der Waals surface area contributed by atoms with Crippen molar-refractivity contribution in [2.24, 2.45) is 5.92 Å². The second-order valence-electron chi connectivity index (χ2n) is 9.28. The molecule has 2 heterocycles. The van der Waals surface area contributed by atoms with Crippen molar-refractivity contribution in [1.29, 1.82) is 0 Å². The molecule has 3 fully saturated rings. The minimum Gasteiger partial charge on any atom is -0.414 e. The van der Waals surface area contributed by atoms with Gasteiger partial charge in [-0.15, -0.1) is 0 Å². The van der Waals surface area contributed by atoms with Crippen molar-refractivity contribution in [3.63, 3.8) is 0 Å². The van der Waals surface area contributed by atoms with E-state index in [1.54, 1.807) is 0 Å². The molecule has 0 bridgehead atoms. The predicted molar refractivity (Wildman–Crippen MR) is 102 cm³/mol. The van der Waals surface area contributed by atoms with Crippen molar-refractivity contribution in [2.75, 3.05) is 6.61 Å². The fraction of sp³-hybridized carbons (Fsp3) is 1.00. The van der Waals surface area contributed by atoms with E-state index in [4.69, 9.17) is 17.7 Å². The van der Waals surface area contributed by atoms with Crippen LogP contribution in [0, 0.1) is 5.92 Å². The van der Waals surface area contributed by atoms with E-state index in [9.17, 15) is 5.11 Å². The summed E-state index contributed by atoms with van der Waals surface area (Å²) in [6.07, 6.45) is -0.752. The molecule has 1 unspecified atom stereocenters. The van der Waals surface area contributed by atoms with Crippen LogP contribution in [0.3, 0.4) is 0 Å². The van der Waals surface area contributed by atoms with Crippen molar-refractivity contribution in [3.8, 4) is 0 Å². The molecule has 0 spiro atoms. The van der Waals surface area contributed by atoms with Crippen LogP contribution in [0.5, 0.6) is 0 Å². The maximum absolute atomic E-state index is 10.7. The molecule has 2 saturated heterocycles. The van der Waals surface area contributed by atoms with Gasteiger partial charge in [0.1, 0.15) is 12.2 Å². The summed E-state index contributed by atoms with van der Waals surface area (Å²) < 4.78 is 26.3. The Labute approximate surface area is 154 Å². The highest BCUT2D eigenvalue weighted by Crippen LogP contribution is 2.52. The third-order valence-electron chi connectivity index (χ3n) is 6.44. The summed E-state index contributed by atoms with van der Waals surface area (Å²) in [5.41, 5.74) is 1.28. The summed E-state index contributed by atoms with van der Waals surface area (Å²) >= 11 is 0. The lowest BCUT2D eigenvalue weighted by atomic mass is 10.1. The molecule has 0 aromatic rings. The first-order valence-electron chi connectivity index (χ1n) is 9.92. The number of hydrogen-bond acceptors (Lipinski definition) is 5. The third kappa shape index (κ3) is 3.00. The van der Waals surface area contributed by atoms with Gasteiger partial charge in [0.15, 0.2) is 0 Å². The van der Waals surface area contributed by atoms with Gasteiger partial charge >= 0.3 is 17.1 Å². The summed E-state index contributed by atoms with van der Waals surface area (Å²) in [7, 11) is -5.07. The molecule has 5 nitrogen and oxygen atoms in total. The maximum atomic E-state index is 10.7. The molecule has 1 aliphatic carbocycles. The lowest BCUT2D eigenvalue weighted by molar-refractivity contribution is -0.0579. The zero-order valence-corrected chi connectivity index (χ0v) is 19.0. The average molecular weight is 389 g/mol. The Morgan fingerprint density at radius 2 is 1.28 bits per heavy atom. The number of ether oxygens (including phenoxy) is 1. The summed E-state index contributed by atoms with van der Waals surface area (Å²) in [4.78, 5) is 0. The van der Waals surface area contributed by atoms with Crippen LogP contribution in [0.2, 0.25) is 22.2 Å². The lowest BCUT2D eigenvalue weighted by Gasteiger charge is -2.52. The largest absolute Gasteiger partial charge is 0.414 e. The summed E-state index contributed by atoms with van der Waals surface area (Å²) in [6.45, 7) is 18.3. The maximum Gasteiger partial charge on any atom is 0.335 e. The van der Waals surface area contributed by atoms with Crippen LogP contribution < -0.4 is 0 Å². The summed E-state index contributed by atoms with van der Waals surface area (Å²) in [5, 5.41) is 10.7. The Balaban J connectivity index is 2.04. The SMILES string of the molecule is CC(C)[Si]1(C(C)C)OC[C@H]2[C@H]3O[C@H]3C(O)[C@@H]2O[Si](C(C)C)(C(C)C)O1. The first-order valence-corrected chi connectivity index (χ1v) is 13.9. The van der Waals surface area contributed by atoms with Gasteiger partial charge in [0.05, 0.1) is 12.2 Å². The number of fused-ring (bicyclic) bond motifs is 3. The molecule has 146 valence electrons. The van der Waals surface area contributed by atoms with E-state index in [1.807, 2.05) is 0 Å². The number of aliphatic hydroxyl groups is 1. The average Bonchev–Trinajstić information content (AvgIpc) is 3.21. The molecule has 5 atom stereocenters. The minimum atomic E-state index is -2.60. The van der Waals surface area contributed by atoms with Crippen LogP contribution >= 0.6 is 0 Å². The van der Waals surface area contributed by atoms with Crippen LogP contribution in [-0.4, -0.2) is 53.3 Å². The highest BCUT2D eigenvalue weighted by Gasteiger charge is 2.67. The van der Waals surface area contributed by atoms with Crippen LogP contribution in [0.25, 0.3) is 0 Å². The molecule has 0 aromatic carbocycles. The molecule has 3 aliphatic rings. The molecule has 25 heavy (non-hydrogen) atoms. The highest BCUT2D eigenvalue weighted by atomic mass is 28.5. The fourth-order valence-corrected chi connectivity index (χ4v) is 16.1. The Bertz CT molecular complexity index is 480. The van der Waals surface area contributed by atoms with E-state index in [2.05, 4.69) is 55.4 Å². The summed E-state index contributed by atoms with van der Waals surface area (Å²) in [6, 6.07) is 0. The van der Waals surface area contributed by atoms with E-state index in [-0.39, 0.29) is 24.2 Å². The van der Waals surface area contributed by atoms with E-state index in [0.717, 1.165) is 0 Å². The van der Waals surface area contributed by atoms with Crippen LogP contribution in [-0.2, 0) is 17.7 Å². The third-order valence-corrected chi connectivity index (χ3v) is 16.7. The molecule has 0 radical (unpaired) electrons. The minimum absolute atomic E-state index is 0.0723. The van der Waals surface area contributed by atoms with Gasteiger partial charge in [-0.25, -0.2) is 0 Å². The normalized spacial score (nSPS) is 39.5. The quantitative estimate of drug-likeness (QED) is 0.588. The molecule has 2 aliphatic heterocycles. The molecule has 1 saturated carbocycles. The molecule has 0 aromatic heterocycles. The van der Waals surface area contributed by atoms with Crippen molar-refractivity contribution in [3.05, 3.63) is 0 Å². The second-order valence-corrected chi connectivity index (χ2v) is 18.1. The predicted octanol–water partition coefficient (Wildman–Crippen LogP) is 3.70. The van der Waals surface area contributed by atoms with Crippen molar-refractivity contribution < 1.29 is 22.8 Å². The van der Waals surface area contributed by atoms with Gasteiger partial charge in [0.2, 0.25) is 0 Å². The standard InChI is InChI=1S/C18H36O5Si2/c1-10(2)24(11(3)4)20-9-14-16(15(19)18-17(14)21-18)22-25(23-24,12(5)6)13(7)8/h10-19H,9H2,1-8H3/t14-,15?,16-,17-,18+/m1/s1. The van der Waals surface area contributed by atoms with E-state index in [1.165, 1.54) is 0 Å². The van der Waals surface area contributed by atoms with Crippen molar-refractivity contribution >= 4 is 17.1 Å². The Hall–Kier alpha value is 0.234. The molecule has 7 heteroatoms. The van der Waals surface area contributed by atoms with E-state index in [0.29, 0.717) is 28.8 Å². The number of aliphatic hydroxyl groups excluding tert-OH is 1. The second kappa shape index (κ2) is 6.69. The number of epoxide rings is 1. The van der Waals surface area contributed by atoms with E-state index < -0.39 is 23.2 Å². The van der Waals surface area contributed by atoms with Gasteiger partial charge in [-0.05, 0) is 22.2 Å². The molecule has 3 rings (SSSR count).